The van der Waals surface area contributed by atoms with Crippen LogP contribution in [0.5, 0.6) is 0 Å². The molecule has 0 N–H and O–H groups in total. The molecule has 0 atom stereocenters. The van der Waals surface area contributed by atoms with Gasteiger partial charge < -0.3 is 14.0 Å². The Morgan fingerprint density at radius 2 is 0.432 bits per heavy atom. The van der Waals surface area contributed by atoms with Gasteiger partial charge in [-0.05, 0) is 170 Å². The Labute approximate surface area is 471 Å². The molecule has 0 aliphatic carbocycles. The molecule has 0 saturated heterocycles. The van der Waals surface area contributed by atoms with E-state index in [1.165, 1.54) is 111 Å². The van der Waals surface area contributed by atoms with Crippen LogP contribution in [-0.2, 0) is 0 Å². The van der Waals surface area contributed by atoms with Crippen LogP contribution in [0.2, 0.25) is 0 Å². The van der Waals surface area contributed by atoms with Crippen molar-refractivity contribution in [1.29, 1.82) is 0 Å². The van der Waals surface area contributed by atoms with Crippen LogP contribution in [0.15, 0.2) is 322 Å². The zero-order chi connectivity index (χ0) is 53.6. The number of aromatic nitrogens is 2. The second kappa shape index (κ2) is 20.2. The largest absolute Gasteiger partial charge is 0.311 e. The van der Waals surface area contributed by atoms with Crippen molar-refractivity contribution in [3.05, 3.63) is 322 Å². The van der Waals surface area contributed by atoms with Gasteiger partial charge in [0.05, 0.1) is 22.1 Å². The van der Waals surface area contributed by atoms with E-state index in [2.05, 4.69) is 336 Å². The maximum Gasteiger partial charge on any atom is 0.0541 e. The summed E-state index contributed by atoms with van der Waals surface area (Å²) < 4.78 is 4.74. The highest BCUT2D eigenvalue weighted by molar-refractivity contribution is 6.11. The summed E-state index contributed by atoms with van der Waals surface area (Å²) in [5.41, 5.74) is 24.7. The predicted octanol–water partition coefficient (Wildman–Crippen LogP) is 21.4. The minimum Gasteiger partial charge on any atom is -0.311 e. The van der Waals surface area contributed by atoms with Gasteiger partial charge in [0.15, 0.2) is 0 Å². The zero-order valence-corrected chi connectivity index (χ0v) is 44.4. The fraction of sp³-hybridized carbons (Fsp3) is 0. The Morgan fingerprint density at radius 3 is 0.815 bits per heavy atom. The van der Waals surface area contributed by atoms with Crippen LogP contribution in [-0.4, -0.2) is 9.13 Å². The van der Waals surface area contributed by atoms with Crippen molar-refractivity contribution >= 4 is 60.7 Å². The lowest BCUT2D eigenvalue weighted by Gasteiger charge is -2.26. The molecule has 0 fully saturated rings. The highest BCUT2D eigenvalue weighted by atomic mass is 15.1. The van der Waals surface area contributed by atoms with Gasteiger partial charge in [-0.1, -0.05) is 218 Å². The van der Waals surface area contributed by atoms with Crippen molar-refractivity contribution in [1.82, 2.24) is 9.13 Å². The third kappa shape index (κ3) is 8.75. The first-order valence-corrected chi connectivity index (χ1v) is 27.8. The zero-order valence-electron chi connectivity index (χ0n) is 44.4. The Bertz CT molecular complexity index is 4490. The lowest BCUT2D eigenvalue weighted by Crippen LogP contribution is -2.09. The van der Waals surface area contributed by atoms with Gasteiger partial charge >= 0.3 is 0 Å². The van der Waals surface area contributed by atoms with Gasteiger partial charge in [0.2, 0.25) is 0 Å². The molecule has 3 nitrogen and oxygen atoms in total. The molecule has 81 heavy (non-hydrogen) atoms. The van der Waals surface area contributed by atoms with E-state index in [1.54, 1.807) is 0 Å². The number of hydrogen-bond donors (Lipinski definition) is 0. The minimum atomic E-state index is 1.08. The van der Waals surface area contributed by atoms with E-state index in [0.29, 0.717) is 0 Å². The number of hydrogen-bond acceptors (Lipinski definition) is 1. The molecule has 0 unspecified atom stereocenters. The average molecular weight is 1030 g/mol. The number of anilines is 3. The highest BCUT2D eigenvalue weighted by Crippen LogP contribution is 2.41. The number of para-hydroxylation sites is 4. The molecule has 15 aromatic rings. The summed E-state index contributed by atoms with van der Waals surface area (Å²) >= 11 is 0. The van der Waals surface area contributed by atoms with E-state index in [9.17, 15) is 0 Å². The van der Waals surface area contributed by atoms with Crippen molar-refractivity contribution in [3.8, 4) is 78.1 Å². The van der Waals surface area contributed by atoms with E-state index in [4.69, 9.17) is 0 Å². The molecule has 0 saturated carbocycles. The van der Waals surface area contributed by atoms with Crippen molar-refractivity contribution < 1.29 is 0 Å². The third-order valence-corrected chi connectivity index (χ3v) is 16.2. The van der Waals surface area contributed by atoms with Gasteiger partial charge in [0.1, 0.15) is 0 Å². The quantitative estimate of drug-likeness (QED) is 0.126. The first kappa shape index (κ1) is 47.5. The van der Waals surface area contributed by atoms with E-state index in [1.807, 2.05) is 0 Å². The normalized spacial score (nSPS) is 11.5. The van der Waals surface area contributed by atoms with Crippen LogP contribution in [0.25, 0.3) is 122 Å². The summed E-state index contributed by atoms with van der Waals surface area (Å²) in [6, 6.07) is 117. The van der Waals surface area contributed by atoms with Gasteiger partial charge in [-0.3, -0.25) is 0 Å². The van der Waals surface area contributed by atoms with Gasteiger partial charge in [0, 0.05) is 50.0 Å². The first-order chi connectivity index (χ1) is 40.1. The van der Waals surface area contributed by atoms with Gasteiger partial charge in [0.25, 0.3) is 0 Å². The van der Waals surface area contributed by atoms with Crippen LogP contribution < -0.4 is 4.90 Å². The maximum atomic E-state index is 2.37. The molecule has 0 aliphatic heterocycles. The molecule has 0 spiro atoms. The Hall–Kier alpha value is -10.7. The topological polar surface area (TPSA) is 13.1 Å². The van der Waals surface area contributed by atoms with Crippen LogP contribution in [0.4, 0.5) is 17.1 Å². The molecule has 0 amide bonds. The standard InChI is InChI=1S/C78H53N3/c1-4-15-54(16-5-1)62-17-14-18-63(51-62)61-39-47-70(48-40-61)79(68-43-35-57(36-44-68)55-27-31-59(32-28-55)64-41-49-77-73(52-64)71-23-10-12-25-75(71)80(77)66-19-6-2-7-20-66)69-45-37-58(38-46-69)56-29-33-60(34-30-56)65-42-50-78-74(53-65)72-24-11-13-26-76(72)81(78)67-21-8-3-9-22-67/h1-53H. The summed E-state index contributed by atoms with van der Waals surface area (Å²) in [5.74, 6) is 0. The Kier molecular flexibility index (Phi) is 11.9. The number of nitrogens with zero attached hydrogens (tertiary/aromatic N) is 3. The SMILES string of the molecule is c1ccc(-c2cccc(-c3ccc(N(c4ccc(-c5ccc(-c6ccc7c(c6)c6ccccc6n7-c6ccccc6)cc5)cc4)c4ccc(-c5ccc(-c6ccc7c(c6)c6ccccc6n7-c6ccccc6)cc5)cc4)cc3)c2)cc1. The van der Waals surface area contributed by atoms with E-state index >= 15 is 0 Å². The minimum absolute atomic E-state index is 1.08. The maximum absolute atomic E-state index is 2.37. The summed E-state index contributed by atoms with van der Waals surface area (Å²) in [6.07, 6.45) is 0. The molecule has 0 radical (unpaired) electrons. The van der Waals surface area contributed by atoms with Crippen LogP contribution in [0.3, 0.4) is 0 Å². The lowest BCUT2D eigenvalue weighted by atomic mass is 9.98. The Balaban J connectivity index is 0.728. The van der Waals surface area contributed by atoms with Crippen molar-refractivity contribution in [2.24, 2.45) is 0 Å². The fourth-order valence-electron chi connectivity index (χ4n) is 12.1. The van der Waals surface area contributed by atoms with Gasteiger partial charge in [-0.2, -0.15) is 0 Å². The first-order valence-electron chi connectivity index (χ1n) is 27.8. The molecule has 2 heterocycles. The molecule has 0 bridgehead atoms. The van der Waals surface area contributed by atoms with Gasteiger partial charge in [-0.25, -0.2) is 0 Å². The lowest BCUT2D eigenvalue weighted by molar-refractivity contribution is 1.18. The number of benzene rings is 13. The third-order valence-electron chi connectivity index (χ3n) is 16.2. The van der Waals surface area contributed by atoms with E-state index in [-0.39, 0.29) is 0 Å². The van der Waals surface area contributed by atoms with Crippen LogP contribution >= 0.6 is 0 Å². The molecule has 380 valence electrons. The van der Waals surface area contributed by atoms with Crippen molar-refractivity contribution in [2.75, 3.05) is 4.90 Å². The summed E-state index contributed by atoms with van der Waals surface area (Å²) in [5, 5.41) is 5.01. The van der Waals surface area contributed by atoms with E-state index in [0.717, 1.165) is 28.2 Å². The highest BCUT2D eigenvalue weighted by Gasteiger charge is 2.18. The molecular formula is C78H53N3. The van der Waals surface area contributed by atoms with Crippen LogP contribution in [0.1, 0.15) is 0 Å². The van der Waals surface area contributed by atoms with Crippen LogP contribution in [0, 0.1) is 0 Å². The second-order valence-electron chi connectivity index (χ2n) is 20.9. The predicted molar refractivity (Wildman–Crippen MR) is 342 cm³/mol. The molecule has 15 rings (SSSR count). The smallest absolute Gasteiger partial charge is 0.0541 e. The molecule has 0 aliphatic rings. The molecule has 3 heteroatoms. The second-order valence-corrected chi connectivity index (χ2v) is 20.9. The summed E-state index contributed by atoms with van der Waals surface area (Å²) in [6.45, 7) is 0. The fourth-order valence-corrected chi connectivity index (χ4v) is 12.1. The average Bonchev–Trinajstić information content (AvgIpc) is 4.11. The number of rotatable bonds is 11. The summed E-state index contributed by atoms with van der Waals surface area (Å²) in [7, 11) is 0. The number of fused-ring (bicyclic) bond motifs is 6. The van der Waals surface area contributed by atoms with E-state index < -0.39 is 0 Å². The summed E-state index contributed by atoms with van der Waals surface area (Å²) in [4.78, 5) is 2.36. The Morgan fingerprint density at radius 1 is 0.173 bits per heavy atom. The monoisotopic (exact) mass is 1030 g/mol. The molecular weight excluding hydrogens is 979 g/mol. The van der Waals surface area contributed by atoms with Crippen molar-refractivity contribution in [3.63, 3.8) is 0 Å². The molecule has 2 aromatic heterocycles. The van der Waals surface area contributed by atoms with Gasteiger partial charge in [-0.15, -0.1) is 0 Å². The van der Waals surface area contributed by atoms with Crippen molar-refractivity contribution in [2.45, 2.75) is 0 Å². The molecule has 13 aromatic carbocycles.